The first-order chi connectivity index (χ1) is 13.8. The van der Waals surface area contributed by atoms with Crippen molar-refractivity contribution in [3.05, 3.63) is 0 Å². The zero-order valence-corrected chi connectivity index (χ0v) is 20.3. The Balaban J connectivity index is 2.23. The van der Waals surface area contributed by atoms with Gasteiger partial charge in [-0.05, 0) is 30.6 Å². The summed E-state index contributed by atoms with van der Waals surface area (Å²) < 4.78 is 0. The van der Waals surface area contributed by atoms with Crippen molar-refractivity contribution in [2.75, 3.05) is 0 Å². The maximum Gasteiger partial charge on any atom is -0.0383 e. The Morgan fingerprint density at radius 3 is 1.43 bits per heavy atom. The normalized spacial score (nSPS) is 22.6. The van der Waals surface area contributed by atoms with Crippen molar-refractivity contribution < 1.29 is 0 Å². The van der Waals surface area contributed by atoms with Crippen LogP contribution in [0.2, 0.25) is 0 Å². The highest BCUT2D eigenvalue weighted by molar-refractivity contribution is 4.80. The SMILES string of the molecule is CCCCCCCCCCC1CCC(CCCCCC)C(CCCCCC)C1. The monoisotopic (exact) mass is 392 g/mol. The van der Waals surface area contributed by atoms with Crippen LogP contribution >= 0.6 is 0 Å². The van der Waals surface area contributed by atoms with Gasteiger partial charge >= 0.3 is 0 Å². The third-order valence-electron chi connectivity index (χ3n) is 7.57. The molecule has 1 saturated carbocycles. The quantitative estimate of drug-likeness (QED) is 0.192. The minimum Gasteiger partial charge on any atom is -0.0654 e. The van der Waals surface area contributed by atoms with Crippen LogP contribution in [0.25, 0.3) is 0 Å². The lowest BCUT2D eigenvalue weighted by atomic mass is 9.69. The molecule has 1 fully saturated rings. The van der Waals surface area contributed by atoms with E-state index in [-0.39, 0.29) is 0 Å². The summed E-state index contributed by atoms with van der Waals surface area (Å²) in [5, 5.41) is 0. The molecule has 0 N–H and O–H groups in total. The van der Waals surface area contributed by atoms with E-state index in [1.165, 1.54) is 103 Å². The molecule has 0 nitrogen and oxygen atoms in total. The molecule has 0 saturated heterocycles. The van der Waals surface area contributed by atoms with Gasteiger partial charge in [0.1, 0.15) is 0 Å². The van der Waals surface area contributed by atoms with Gasteiger partial charge in [-0.1, -0.05) is 149 Å². The maximum absolute atomic E-state index is 2.34. The van der Waals surface area contributed by atoms with E-state index in [0.717, 1.165) is 17.8 Å². The summed E-state index contributed by atoms with van der Waals surface area (Å²) in [6.07, 6.45) is 32.8. The predicted octanol–water partition coefficient (Wildman–Crippen LogP) is 10.5. The molecular weight excluding hydrogens is 336 g/mol. The van der Waals surface area contributed by atoms with E-state index in [4.69, 9.17) is 0 Å². The molecule has 0 spiro atoms. The highest BCUT2D eigenvalue weighted by Crippen LogP contribution is 2.41. The Morgan fingerprint density at radius 2 is 0.857 bits per heavy atom. The summed E-state index contributed by atoms with van der Waals surface area (Å²) >= 11 is 0. The van der Waals surface area contributed by atoms with Crippen LogP contribution in [0.15, 0.2) is 0 Å². The van der Waals surface area contributed by atoms with Gasteiger partial charge in [-0.3, -0.25) is 0 Å². The van der Waals surface area contributed by atoms with Crippen LogP contribution in [0.4, 0.5) is 0 Å². The van der Waals surface area contributed by atoms with E-state index in [9.17, 15) is 0 Å². The number of rotatable bonds is 19. The summed E-state index contributed by atoms with van der Waals surface area (Å²) in [7, 11) is 0. The van der Waals surface area contributed by atoms with E-state index < -0.39 is 0 Å². The van der Waals surface area contributed by atoms with E-state index in [1.54, 1.807) is 38.5 Å². The van der Waals surface area contributed by atoms with Crippen molar-refractivity contribution in [3.8, 4) is 0 Å². The van der Waals surface area contributed by atoms with Gasteiger partial charge in [-0.2, -0.15) is 0 Å². The second-order valence-electron chi connectivity index (χ2n) is 10.2. The fourth-order valence-corrected chi connectivity index (χ4v) is 5.65. The second-order valence-corrected chi connectivity index (χ2v) is 10.2. The highest BCUT2D eigenvalue weighted by Gasteiger charge is 2.29. The largest absolute Gasteiger partial charge is 0.0654 e. The molecule has 0 aromatic rings. The van der Waals surface area contributed by atoms with E-state index in [1.807, 2.05) is 0 Å². The van der Waals surface area contributed by atoms with Crippen molar-refractivity contribution in [2.45, 2.75) is 162 Å². The maximum atomic E-state index is 2.34. The molecule has 3 unspecified atom stereocenters. The molecule has 3 atom stereocenters. The van der Waals surface area contributed by atoms with Gasteiger partial charge in [0.05, 0.1) is 0 Å². The fraction of sp³-hybridized carbons (Fsp3) is 1.00. The van der Waals surface area contributed by atoms with Gasteiger partial charge in [-0.25, -0.2) is 0 Å². The van der Waals surface area contributed by atoms with Crippen LogP contribution in [-0.2, 0) is 0 Å². The molecule has 168 valence electrons. The lowest BCUT2D eigenvalue weighted by Crippen LogP contribution is -2.25. The van der Waals surface area contributed by atoms with Crippen molar-refractivity contribution in [1.29, 1.82) is 0 Å². The van der Waals surface area contributed by atoms with E-state index in [0.29, 0.717) is 0 Å². The van der Waals surface area contributed by atoms with E-state index >= 15 is 0 Å². The third-order valence-corrected chi connectivity index (χ3v) is 7.57. The zero-order chi connectivity index (χ0) is 20.3. The highest BCUT2D eigenvalue weighted by atomic mass is 14.3. The Labute approximate surface area is 180 Å². The smallest absolute Gasteiger partial charge is 0.0383 e. The lowest BCUT2D eigenvalue weighted by molar-refractivity contribution is 0.147. The lowest BCUT2D eigenvalue weighted by Gasteiger charge is -2.37. The molecular formula is C28H56. The second kappa shape index (κ2) is 19.0. The number of unbranched alkanes of at least 4 members (excludes halogenated alkanes) is 13. The molecule has 1 aliphatic rings. The topological polar surface area (TPSA) is 0 Å². The van der Waals surface area contributed by atoms with Crippen molar-refractivity contribution >= 4 is 0 Å². The molecule has 0 radical (unpaired) electrons. The summed E-state index contributed by atoms with van der Waals surface area (Å²) in [6, 6.07) is 0. The molecule has 0 aliphatic heterocycles. The van der Waals surface area contributed by atoms with Crippen LogP contribution in [0.1, 0.15) is 162 Å². The average molecular weight is 393 g/mol. The first-order valence-electron chi connectivity index (χ1n) is 13.8. The molecule has 0 aromatic carbocycles. The van der Waals surface area contributed by atoms with Crippen LogP contribution in [-0.4, -0.2) is 0 Å². The third kappa shape index (κ3) is 13.3. The van der Waals surface area contributed by atoms with Gasteiger partial charge in [0.2, 0.25) is 0 Å². The zero-order valence-electron chi connectivity index (χ0n) is 20.3. The van der Waals surface area contributed by atoms with Crippen LogP contribution in [0.3, 0.4) is 0 Å². The predicted molar refractivity (Wildman–Crippen MR) is 129 cm³/mol. The minimum atomic E-state index is 1.07. The van der Waals surface area contributed by atoms with Crippen LogP contribution in [0.5, 0.6) is 0 Å². The van der Waals surface area contributed by atoms with E-state index in [2.05, 4.69) is 20.8 Å². The van der Waals surface area contributed by atoms with Gasteiger partial charge in [-0.15, -0.1) is 0 Å². The Bertz CT molecular complexity index is 307. The van der Waals surface area contributed by atoms with Crippen LogP contribution < -0.4 is 0 Å². The van der Waals surface area contributed by atoms with Gasteiger partial charge in [0, 0.05) is 0 Å². The molecule has 0 heteroatoms. The summed E-state index contributed by atoms with van der Waals surface area (Å²) in [5.41, 5.74) is 0. The molecule has 0 aromatic heterocycles. The molecule has 1 rings (SSSR count). The molecule has 0 heterocycles. The Morgan fingerprint density at radius 1 is 0.429 bits per heavy atom. The molecule has 0 bridgehead atoms. The molecule has 28 heavy (non-hydrogen) atoms. The average Bonchev–Trinajstić information content (AvgIpc) is 2.71. The summed E-state index contributed by atoms with van der Waals surface area (Å²) in [6.45, 7) is 7.00. The molecule has 1 aliphatic carbocycles. The Hall–Kier alpha value is 0. The number of hydrogen-bond acceptors (Lipinski definition) is 0. The summed E-state index contributed by atoms with van der Waals surface area (Å²) in [4.78, 5) is 0. The van der Waals surface area contributed by atoms with Gasteiger partial charge in [0.15, 0.2) is 0 Å². The summed E-state index contributed by atoms with van der Waals surface area (Å²) in [5.74, 6) is 3.22. The van der Waals surface area contributed by atoms with Gasteiger partial charge in [0.25, 0.3) is 0 Å². The van der Waals surface area contributed by atoms with Crippen molar-refractivity contribution in [1.82, 2.24) is 0 Å². The first kappa shape index (κ1) is 26.0. The minimum absolute atomic E-state index is 1.07. The standard InChI is InChI=1S/C28H56/c1-4-7-10-13-14-15-16-17-20-26-23-24-27(21-18-11-8-5-2)28(25-26)22-19-12-9-6-3/h26-28H,4-25H2,1-3H3. The number of hydrogen-bond donors (Lipinski definition) is 0. The van der Waals surface area contributed by atoms with Gasteiger partial charge < -0.3 is 0 Å². The van der Waals surface area contributed by atoms with Crippen molar-refractivity contribution in [3.63, 3.8) is 0 Å². The molecule has 0 amide bonds. The first-order valence-corrected chi connectivity index (χ1v) is 13.8. The fourth-order valence-electron chi connectivity index (χ4n) is 5.65. The van der Waals surface area contributed by atoms with Crippen LogP contribution in [0, 0.1) is 17.8 Å². The van der Waals surface area contributed by atoms with Crippen molar-refractivity contribution in [2.24, 2.45) is 17.8 Å². The Kier molecular flexibility index (Phi) is 17.7.